The third kappa shape index (κ3) is 5.15. The minimum atomic E-state index is -4.81. The summed E-state index contributed by atoms with van der Waals surface area (Å²) in [5.74, 6) is -1.58. The molecule has 0 bridgehead atoms. The average Bonchev–Trinajstić information content (AvgIpc) is 2.77. The molecule has 0 aliphatic carbocycles. The van der Waals surface area contributed by atoms with Crippen LogP contribution in [0.5, 0.6) is 0 Å². The molecule has 4 rings (SSSR count). The summed E-state index contributed by atoms with van der Waals surface area (Å²) in [5.41, 5.74) is -2.82. The monoisotopic (exact) mass is 508 g/mol. The number of aryl methyl sites for hydroxylation is 1. The Kier molecular flexibility index (Phi) is 6.69. The predicted octanol–water partition coefficient (Wildman–Crippen LogP) is 3.60. The first-order valence-corrected chi connectivity index (χ1v) is 11.2. The molecule has 3 atom stereocenters. The number of morpholine rings is 1. The highest BCUT2D eigenvalue weighted by molar-refractivity contribution is 5.94. The molecular formula is C23H24F4N6O3. The number of alkyl halides is 3. The van der Waals surface area contributed by atoms with Gasteiger partial charge in [-0.15, -0.1) is 0 Å². The number of hydrogen-bond acceptors (Lipinski definition) is 7. The zero-order valence-electron chi connectivity index (χ0n) is 19.9. The van der Waals surface area contributed by atoms with Crippen molar-refractivity contribution in [3.63, 3.8) is 0 Å². The molecule has 2 N–H and O–H groups in total. The Labute approximate surface area is 202 Å². The highest BCUT2D eigenvalue weighted by Crippen LogP contribution is 2.36. The fourth-order valence-electron chi connectivity index (χ4n) is 4.22. The summed E-state index contributed by atoms with van der Waals surface area (Å²) in [6.07, 6.45) is -4.01. The molecule has 1 saturated heterocycles. The lowest BCUT2D eigenvalue weighted by Gasteiger charge is -2.35. The van der Waals surface area contributed by atoms with Crippen molar-refractivity contribution >= 4 is 22.8 Å². The van der Waals surface area contributed by atoms with Crippen molar-refractivity contribution in [3.8, 4) is 0 Å². The molecule has 0 spiro atoms. The number of hydrogen-bond donors (Lipinski definition) is 2. The van der Waals surface area contributed by atoms with Gasteiger partial charge in [0.05, 0.1) is 40.6 Å². The standard InChI is InChI=1S/C23H24F4N6O3/c1-10-8-33(9-11(2)36-10)22(35)14-5-16(24)20(28-7-14)29-12(3)18-15(23(25,26)27)6-17-19(32-18)21(34)31-13(4)30-17/h5-7,10-12H,8-9H2,1-4H3,(H,28,29)(H,30,31,34). The lowest BCUT2D eigenvalue weighted by molar-refractivity contribution is -0.138. The molecular weight excluding hydrogens is 484 g/mol. The molecule has 13 heteroatoms. The fraction of sp³-hybridized carbons (Fsp3) is 0.435. The quantitative estimate of drug-likeness (QED) is 0.518. The van der Waals surface area contributed by atoms with E-state index < -0.39 is 40.8 Å². The first-order valence-electron chi connectivity index (χ1n) is 11.2. The Bertz CT molecular complexity index is 1370. The van der Waals surface area contributed by atoms with Crippen LogP contribution in [0.1, 0.15) is 54.3 Å². The summed E-state index contributed by atoms with van der Waals surface area (Å²) in [4.78, 5) is 40.8. The van der Waals surface area contributed by atoms with Crippen molar-refractivity contribution < 1.29 is 27.1 Å². The minimum absolute atomic E-state index is 0.000193. The largest absolute Gasteiger partial charge is 0.418 e. The molecule has 0 saturated carbocycles. The van der Waals surface area contributed by atoms with Gasteiger partial charge < -0.3 is 19.9 Å². The van der Waals surface area contributed by atoms with E-state index in [1.807, 2.05) is 13.8 Å². The molecule has 1 fully saturated rings. The van der Waals surface area contributed by atoms with Gasteiger partial charge in [-0.25, -0.2) is 19.3 Å². The first-order chi connectivity index (χ1) is 16.8. The van der Waals surface area contributed by atoms with Gasteiger partial charge in [0.2, 0.25) is 0 Å². The molecule has 1 aliphatic rings. The van der Waals surface area contributed by atoms with Crippen LogP contribution in [0, 0.1) is 12.7 Å². The summed E-state index contributed by atoms with van der Waals surface area (Å²) in [7, 11) is 0. The van der Waals surface area contributed by atoms with Crippen LogP contribution < -0.4 is 10.9 Å². The fourth-order valence-corrected chi connectivity index (χ4v) is 4.22. The van der Waals surface area contributed by atoms with Gasteiger partial charge in [-0.05, 0) is 39.8 Å². The van der Waals surface area contributed by atoms with Crippen molar-refractivity contribution in [2.24, 2.45) is 0 Å². The van der Waals surface area contributed by atoms with Gasteiger partial charge >= 0.3 is 6.18 Å². The number of H-pyrrole nitrogens is 1. The summed E-state index contributed by atoms with van der Waals surface area (Å²) in [6, 6.07) is 0.523. The SMILES string of the molecule is Cc1nc2cc(C(F)(F)F)c(C(C)Nc3ncc(C(=O)N4CC(C)OC(C)C4)cc3F)nc2c(=O)[nH]1. The molecule has 3 aromatic heterocycles. The molecule has 0 radical (unpaired) electrons. The van der Waals surface area contributed by atoms with Crippen LogP contribution in [0.15, 0.2) is 23.1 Å². The number of aromatic nitrogens is 4. The van der Waals surface area contributed by atoms with Crippen LogP contribution >= 0.6 is 0 Å². The number of nitrogens with zero attached hydrogens (tertiary/aromatic N) is 4. The van der Waals surface area contributed by atoms with E-state index in [1.54, 1.807) is 0 Å². The van der Waals surface area contributed by atoms with Gasteiger partial charge in [0.15, 0.2) is 17.2 Å². The van der Waals surface area contributed by atoms with Crippen molar-refractivity contribution in [2.45, 2.75) is 52.1 Å². The molecule has 3 unspecified atom stereocenters. The van der Waals surface area contributed by atoms with Crippen molar-refractivity contribution in [3.05, 3.63) is 57.1 Å². The van der Waals surface area contributed by atoms with E-state index in [2.05, 4.69) is 25.3 Å². The topological polar surface area (TPSA) is 113 Å². The smallest absolute Gasteiger partial charge is 0.372 e. The number of amides is 1. The third-order valence-corrected chi connectivity index (χ3v) is 5.69. The van der Waals surface area contributed by atoms with E-state index in [4.69, 9.17) is 4.74 Å². The molecule has 1 aliphatic heterocycles. The van der Waals surface area contributed by atoms with Crippen molar-refractivity contribution in [1.29, 1.82) is 0 Å². The van der Waals surface area contributed by atoms with Crippen LogP contribution in [0.4, 0.5) is 23.4 Å². The van der Waals surface area contributed by atoms with Crippen molar-refractivity contribution in [1.82, 2.24) is 24.8 Å². The molecule has 9 nitrogen and oxygen atoms in total. The van der Waals surface area contributed by atoms with E-state index in [0.717, 1.165) is 18.3 Å². The number of ether oxygens (including phenoxy) is 1. The van der Waals surface area contributed by atoms with Gasteiger partial charge in [0, 0.05) is 19.3 Å². The predicted molar refractivity (Wildman–Crippen MR) is 122 cm³/mol. The van der Waals surface area contributed by atoms with E-state index in [9.17, 15) is 27.2 Å². The van der Waals surface area contributed by atoms with Crippen molar-refractivity contribution in [2.75, 3.05) is 18.4 Å². The number of fused-ring (bicyclic) bond motifs is 1. The molecule has 1 amide bonds. The summed E-state index contributed by atoms with van der Waals surface area (Å²) >= 11 is 0. The lowest BCUT2D eigenvalue weighted by atomic mass is 10.1. The second-order valence-electron chi connectivity index (χ2n) is 8.83. The Balaban J connectivity index is 1.63. The van der Waals surface area contributed by atoms with Crippen LogP contribution in [0.25, 0.3) is 11.0 Å². The molecule has 192 valence electrons. The highest BCUT2D eigenvalue weighted by Gasteiger charge is 2.37. The zero-order chi connectivity index (χ0) is 26.4. The number of anilines is 1. The Morgan fingerprint density at radius 1 is 1.22 bits per heavy atom. The Morgan fingerprint density at radius 2 is 1.89 bits per heavy atom. The lowest BCUT2D eigenvalue weighted by Crippen LogP contribution is -2.48. The minimum Gasteiger partial charge on any atom is -0.372 e. The number of halogens is 4. The second kappa shape index (κ2) is 9.45. The Morgan fingerprint density at radius 3 is 2.50 bits per heavy atom. The third-order valence-electron chi connectivity index (χ3n) is 5.69. The molecule has 3 aromatic rings. The van der Waals surface area contributed by atoms with Crippen LogP contribution in [0.2, 0.25) is 0 Å². The number of nitrogens with one attached hydrogen (secondary N) is 2. The van der Waals surface area contributed by atoms with Gasteiger partial charge in [-0.3, -0.25) is 9.59 Å². The number of pyridine rings is 2. The maximum absolute atomic E-state index is 14.9. The zero-order valence-corrected chi connectivity index (χ0v) is 19.9. The summed E-state index contributed by atoms with van der Waals surface area (Å²) in [6.45, 7) is 7.09. The number of carbonyl (C=O) groups excluding carboxylic acids is 1. The van der Waals surface area contributed by atoms with E-state index in [-0.39, 0.29) is 40.4 Å². The number of carbonyl (C=O) groups is 1. The van der Waals surface area contributed by atoms with Crippen LogP contribution in [-0.4, -0.2) is 56.0 Å². The van der Waals surface area contributed by atoms with E-state index >= 15 is 0 Å². The summed E-state index contributed by atoms with van der Waals surface area (Å²) in [5, 5.41) is 2.57. The van der Waals surface area contributed by atoms with Gasteiger partial charge in [0.1, 0.15) is 5.82 Å². The Hall–Kier alpha value is -3.61. The number of aromatic amines is 1. The van der Waals surface area contributed by atoms with Gasteiger partial charge in [-0.1, -0.05) is 0 Å². The van der Waals surface area contributed by atoms with Crippen LogP contribution in [-0.2, 0) is 10.9 Å². The highest BCUT2D eigenvalue weighted by atomic mass is 19.4. The summed E-state index contributed by atoms with van der Waals surface area (Å²) < 4.78 is 61.9. The van der Waals surface area contributed by atoms with E-state index in [0.29, 0.717) is 13.1 Å². The normalized spacial score (nSPS) is 19.4. The van der Waals surface area contributed by atoms with Gasteiger partial charge in [0.25, 0.3) is 11.5 Å². The molecule has 4 heterocycles. The van der Waals surface area contributed by atoms with Gasteiger partial charge in [-0.2, -0.15) is 13.2 Å². The first kappa shape index (κ1) is 25.5. The molecule has 36 heavy (non-hydrogen) atoms. The average molecular weight is 508 g/mol. The van der Waals surface area contributed by atoms with E-state index in [1.165, 1.54) is 18.7 Å². The maximum atomic E-state index is 14.9. The maximum Gasteiger partial charge on any atom is 0.418 e. The van der Waals surface area contributed by atoms with Crippen LogP contribution in [0.3, 0.4) is 0 Å². The second-order valence-corrected chi connectivity index (χ2v) is 8.83. The number of rotatable bonds is 4. The molecule has 0 aromatic carbocycles.